The van der Waals surface area contributed by atoms with Crippen LogP contribution >= 0.6 is 0 Å². The maximum Gasteiger partial charge on any atom is 0.0491 e. The third-order valence-electron chi connectivity index (χ3n) is 6.14. The number of unbranched alkanes of at least 4 members (excludes halogenated alkanes) is 13. The Bertz CT molecular complexity index is 263. The van der Waals surface area contributed by atoms with Crippen molar-refractivity contribution >= 4 is 0 Å². The normalized spacial score (nSPS) is 13.8. The van der Waals surface area contributed by atoms with Gasteiger partial charge >= 0.3 is 0 Å². The molecule has 0 bridgehead atoms. The zero-order valence-electron chi connectivity index (χ0n) is 19.7. The van der Waals surface area contributed by atoms with Gasteiger partial charge < -0.3 is 4.74 Å². The highest BCUT2D eigenvalue weighted by molar-refractivity contribution is 4.56. The summed E-state index contributed by atoms with van der Waals surface area (Å²) in [6.07, 6.45) is 25.4. The number of ether oxygens (including phenoxy) is 1. The lowest BCUT2D eigenvalue weighted by Crippen LogP contribution is -2.07. The van der Waals surface area contributed by atoms with Crippen molar-refractivity contribution in [2.24, 2.45) is 11.8 Å². The molecule has 0 N–H and O–H groups in total. The highest BCUT2D eigenvalue weighted by atomic mass is 16.5. The predicted octanol–water partition coefficient (Wildman–Crippen LogP) is 9.34. The van der Waals surface area contributed by atoms with E-state index in [1.54, 1.807) is 0 Å². The van der Waals surface area contributed by atoms with Gasteiger partial charge in [-0.2, -0.15) is 0 Å². The Kier molecular flexibility index (Phi) is 22.2. The van der Waals surface area contributed by atoms with E-state index in [2.05, 4.69) is 27.7 Å². The molecular formula is C26H54O. The van der Waals surface area contributed by atoms with Crippen LogP contribution in [-0.2, 0) is 4.74 Å². The minimum atomic E-state index is 0.737. The summed E-state index contributed by atoms with van der Waals surface area (Å²) in [5.74, 6) is 1.63. The Balaban J connectivity index is 3.12. The lowest BCUT2D eigenvalue weighted by Gasteiger charge is -2.13. The first-order valence-electron chi connectivity index (χ1n) is 12.8. The van der Waals surface area contributed by atoms with Crippen LogP contribution in [0.3, 0.4) is 0 Å². The Labute approximate surface area is 173 Å². The molecule has 0 aromatic heterocycles. The van der Waals surface area contributed by atoms with Crippen LogP contribution in [0.4, 0.5) is 0 Å². The summed E-state index contributed by atoms with van der Waals surface area (Å²) in [6, 6.07) is 0. The molecule has 0 radical (unpaired) electrons. The van der Waals surface area contributed by atoms with Crippen molar-refractivity contribution in [1.82, 2.24) is 0 Å². The number of hydrogen-bond acceptors (Lipinski definition) is 1. The van der Waals surface area contributed by atoms with Crippen molar-refractivity contribution < 1.29 is 4.74 Å². The predicted molar refractivity (Wildman–Crippen MR) is 124 cm³/mol. The van der Waals surface area contributed by atoms with E-state index < -0.39 is 0 Å². The molecule has 0 aliphatic heterocycles. The van der Waals surface area contributed by atoms with Crippen molar-refractivity contribution in [1.29, 1.82) is 0 Å². The molecule has 164 valence electrons. The molecule has 0 aromatic rings. The van der Waals surface area contributed by atoms with Crippen molar-refractivity contribution in [2.75, 3.05) is 13.2 Å². The molecule has 0 saturated carbocycles. The zero-order chi connectivity index (χ0) is 20.0. The van der Waals surface area contributed by atoms with Gasteiger partial charge in [-0.05, 0) is 24.7 Å². The maximum atomic E-state index is 5.89. The smallest absolute Gasteiger partial charge is 0.0491 e. The van der Waals surface area contributed by atoms with Gasteiger partial charge in [-0.25, -0.2) is 0 Å². The zero-order valence-corrected chi connectivity index (χ0v) is 19.7. The molecule has 0 aliphatic rings. The van der Waals surface area contributed by atoms with Crippen LogP contribution in [0.1, 0.15) is 143 Å². The standard InChI is InChI=1S/C26H54O/c1-5-7-8-9-10-11-12-13-14-15-16-17-18-19-23-27-24-26(4)22-20-21-25(3)6-2/h25-26H,5-24H2,1-4H3. The third kappa shape index (κ3) is 22.1. The van der Waals surface area contributed by atoms with Gasteiger partial charge in [0.2, 0.25) is 0 Å². The average molecular weight is 383 g/mol. The van der Waals surface area contributed by atoms with E-state index in [4.69, 9.17) is 4.74 Å². The Morgan fingerprint density at radius 3 is 1.44 bits per heavy atom. The summed E-state index contributed by atoms with van der Waals surface area (Å²) < 4.78 is 5.89. The molecule has 1 nitrogen and oxygen atoms in total. The fourth-order valence-electron chi connectivity index (χ4n) is 3.79. The van der Waals surface area contributed by atoms with Crippen LogP contribution in [-0.4, -0.2) is 13.2 Å². The summed E-state index contributed by atoms with van der Waals surface area (Å²) >= 11 is 0. The van der Waals surface area contributed by atoms with Crippen LogP contribution in [0.15, 0.2) is 0 Å². The molecule has 0 rings (SSSR count). The second-order valence-corrected chi connectivity index (χ2v) is 9.22. The minimum absolute atomic E-state index is 0.737. The first kappa shape index (κ1) is 27.0. The maximum absolute atomic E-state index is 5.89. The molecule has 27 heavy (non-hydrogen) atoms. The molecule has 0 fully saturated rings. The fraction of sp³-hybridized carbons (Fsp3) is 1.00. The minimum Gasteiger partial charge on any atom is -0.381 e. The van der Waals surface area contributed by atoms with E-state index in [1.165, 1.54) is 116 Å². The van der Waals surface area contributed by atoms with Crippen molar-refractivity contribution in [3.8, 4) is 0 Å². The molecule has 1 heteroatoms. The van der Waals surface area contributed by atoms with Gasteiger partial charge in [0.1, 0.15) is 0 Å². The van der Waals surface area contributed by atoms with Crippen molar-refractivity contribution in [2.45, 2.75) is 143 Å². The number of hydrogen-bond donors (Lipinski definition) is 0. The summed E-state index contributed by atoms with van der Waals surface area (Å²) in [7, 11) is 0. The highest BCUT2D eigenvalue weighted by Gasteiger charge is 2.04. The van der Waals surface area contributed by atoms with Gasteiger partial charge in [0, 0.05) is 13.2 Å². The van der Waals surface area contributed by atoms with Crippen LogP contribution in [0, 0.1) is 11.8 Å². The van der Waals surface area contributed by atoms with Crippen LogP contribution in [0.25, 0.3) is 0 Å². The molecule has 0 amide bonds. The van der Waals surface area contributed by atoms with Crippen LogP contribution in [0.5, 0.6) is 0 Å². The van der Waals surface area contributed by atoms with Gasteiger partial charge in [0.15, 0.2) is 0 Å². The average Bonchev–Trinajstić information content (AvgIpc) is 2.67. The molecule has 0 aromatic carbocycles. The van der Waals surface area contributed by atoms with E-state index >= 15 is 0 Å². The lowest BCUT2D eigenvalue weighted by atomic mass is 9.97. The van der Waals surface area contributed by atoms with Gasteiger partial charge in [-0.3, -0.25) is 0 Å². The third-order valence-corrected chi connectivity index (χ3v) is 6.14. The monoisotopic (exact) mass is 382 g/mol. The first-order chi connectivity index (χ1) is 13.2. The van der Waals surface area contributed by atoms with E-state index in [-0.39, 0.29) is 0 Å². The summed E-state index contributed by atoms with van der Waals surface area (Å²) in [6.45, 7) is 11.3. The summed E-state index contributed by atoms with van der Waals surface area (Å²) in [5.41, 5.74) is 0. The lowest BCUT2D eigenvalue weighted by molar-refractivity contribution is 0.0972. The Morgan fingerprint density at radius 2 is 0.963 bits per heavy atom. The Morgan fingerprint density at radius 1 is 0.519 bits per heavy atom. The van der Waals surface area contributed by atoms with E-state index in [0.29, 0.717) is 0 Å². The molecule has 0 spiro atoms. The molecule has 0 saturated heterocycles. The topological polar surface area (TPSA) is 9.23 Å². The number of rotatable bonds is 22. The molecule has 0 heterocycles. The first-order valence-corrected chi connectivity index (χ1v) is 12.8. The van der Waals surface area contributed by atoms with Crippen LogP contribution in [0.2, 0.25) is 0 Å². The summed E-state index contributed by atoms with van der Waals surface area (Å²) in [5, 5.41) is 0. The van der Waals surface area contributed by atoms with Gasteiger partial charge in [-0.1, -0.05) is 130 Å². The van der Waals surface area contributed by atoms with E-state index in [0.717, 1.165) is 25.0 Å². The van der Waals surface area contributed by atoms with Crippen molar-refractivity contribution in [3.63, 3.8) is 0 Å². The molecule has 0 aliphatic carbocycles. The van der Waals surface area contributed by atoms with Crippen LogP contribution < -0.4 is 0 Å². The second-order valence-electron chi connectivity index (χ2n) is 9.22. The largest absolute Gasteiger partial charge is 0.381 e. The van der Waals surface area contributed by atoms with Gasteiger partial charge in [0.25, 0.3) is 0 Å². The van der Waals surface area contributed by atoms with Gasteiger partial charge in [-0.15, -0.1) is 0 Å². The SMILES string of the molecule is CCCCCCCCCCCCCCCCOCC(C)CCCC(C)CC. The summed E-state index contributed by atoms with van der Waals surface area (Å²) in [4.78, 5) is 0. The van der Waals surface area contributed by atoms with E-state index in [1.807, 2.05) is 0 Å². The fourth-order valence-corrected chi connectivity index (χ4v) is 3.79. The quantitative estimate of drug-likeness (QED) is 0.169. The molecule has 2 atom stereocenters. The van der Waals surface area contributed by atoms with E-state index in [9.17, 15) is 0 Å². The molecular weight excluding hydrogens is 328 g/mol. The Hall–Kier alpha value is -0.0400. The highest BCUT2D eigenvalue weighted by Crippen LogP contribution is 2.16. The second kappa shape index (κ2) is 22.3. The van der Waals surface area contributed by atoms with Crippen molar-refractivity contribution in [3.05, 3.63) is 0 Å². The van der Waals surface area contributed by atoms with Gasteiger partial charge in [0.05, 0.1) is 0 Å². The molecule has 2 unspecified atom stereocenters.